The van der Waals surface area contributed by atoms with Crippen LogP contribution in [0.25, 0.3) is 0 Å². The number of nitrogens with one attached hydrogen (secondary N) is 1. The van der Waals surface area contributed by atoms with Crippen LogP contribution in [0.3, 0.4) is 0 Å². The molecule has 1 aliphatic heterocycles. The summed E-state index contributed by atoms with van der Waals surface area (Å²) in [4.78, 5) is 39.8. The van der Waals surface area contributed by atoms with E-state index >= 15 is 0 Å². The number of hydrogen-bond donors (Lipinski definition) is 4. The van der Waals surface area contributed by atoms with Gasteiger partial charge in [-0.2, -0.15) is 0 Å². The normalized spacial score (nSPS) is 20.9. The summed E-state index contributed by atoms with van der Waals surface area (Å²) in [6.45, 7) is 8.19. The van der Waals surface area contributed by atoms with Gasteiger partial charge in [0.25, 0.3) is 5.91 Å². The molecule has 0 aliphatic carbocycles. The van der Waals surface area contributed by atoms with Crippen molar-refractivity contribution >= 4 is 17.8 Å². The summed E-state index contributed by atoms with van der Waals surface area (Å²) in [6, 6.07) is -0.916. The van der Waals surface area contributed by atoms with Crippen molar-refractivity contribution in [3.05, 3.63) is 12.2 Å². The lowest BCUT2D eigenvalue weighted by Crippen LogP contribution is -2.55. The molecular weight excluding hydrogens is 552 g/mol. The van der Waals surface area contributed by atoms with Gasteiger partial charge in [0.15, 0.2) is 6.10 Å². The summed E-state index contributed by atoms with van der Waals surface area (Å²) in [5, 5.41) is 33.9. The number of carbonyl (C=O) groups excluding carboxylic acids is 3. The number of ether oxygens (including phenoxy) is 2. The molecule has 0 radical (unpaired) electrons. The molecule has 4 N–H and O–H groups in total. The Kier molecular flexibility index (Phi) is 18.9. The minimum atomic E-state index is -1.74. The zero-order valence-electron chi connectivity index (χ0n) is 27.6. The van der Waals surface area contributed by atoms with E-state index in [1.165, 1.54) is 69.5 Å². The average molecular weight is 613 g/mol. The number of esters is 1. The second kappa shape index (κ2) is 20.9. The second-order valence-electron chi connectivity index (χ2n) is 13.1. The lowest BCUT2D eigenvalue weighted by molar-refractivity contribution is -0.151. The molecule has 0 saturated carbocycles. The highest BCUT2D eigenvalue weighted by Crippen LogP contribution is 2.19. The maximum atomic E-state index is 13.0. The average Bonchev–Trinajstić information content (AvgIpc) is 3.07. The van der Waals surface area contributed by atoms with Gasteiger partial charge in [-0.15, -0.1) is 0 Å². The molecule has 1 saturated heterocycles. The van der Waals surface area contributed by atoms with E-state index in [0.29, 0.717) is 12.8 Å². The van der Waals surface area contributed by atoms with Crippen LogP contribution in [0.4, 0.5) is 0 Å². The number of carbonyl (C=O) groups is 3. The van der Waals surface area contributed by atoms with Crippen LogP contribution in [0, 0.1) is 5.41 Å². The third-order valence-corrected chi connectivity index (χ3v) is 7.84. The first-order chi connectivity index (χ1) is 20.3. The van der Waals surface area contributed by atoms with Crippen LogP contribution < -0.4 is 5.32 Å². The van der Waals surface area contributed by atoms with Gasteiger partial charge in [0, 0.05) is 20.6 Å². The van der Waals surface area contributed by atoms with E-state index in [9.17, 15) is 29.7 Å². The van der Waals surface area contributed by atoms with Gasteiger partial charge >= 0.3 is 5.97 Å². The molecule has 2 amide bonds. The van der Waals surface area contributed by atoms with E-state index in [-0.39, 0.29) is 30.3 Å². The number of unbranched alkanes of at least 4 members (excludes halogenated alkanes) is 10. The Morgan fingerprint density at radius 1 is 0.953 bits per heavy atom. The summed E-state index contributed by atoms with van der Waals surface area (Å²) in [5.41, 5.74) is -0.256. The van der Waals surface area contributed by atoms with Crippen LogP contribution in [0.15, 0.2) is 12.2 Å². The van der Waals surface area contributed by atoms with Crippen molar-refractivity contribution in [3.8, 4) is 0 Å². The lowest BCUT2D eigenvalue weighted by Gasteiger charge is -2.29. The van der Waals surface area contributed by atoms with Crippen molar-refractivity contribution in [3.63, 3.8) is 0 Å². The first-order valence-electron chi connectivity index (χ1n) is 16.3. The van der Waals surface area contributed by atoms with Gasteiger partial charge in [-0.05, 0) is 24.7 Å². The maximum absolute atomic E-state index is 13.0. The molecule has 0 bridgehead atoms. The van der Waals surface area contributed by atoms with Crippen LogP contribution in [-0.4, -0.2) is 95.3 Å². The molecule has 0 aromatic heterocycles. The van der Waals surface area contributed by atoms with Gasteiger partial charge in [0.2, 0.25) is 5.91 Å². The van der Waals surface area contributed by atoms with E-state index < -0.39 is 42.5 Å². The molecule has 0 aromatic carbocycles. The van der Waals surface area contributed by atoms with E-state index in [2.05, 4.69) is 12.2 Å². The quantitative estimate of drug-likeness (QED) is 0.0916. The zero-order chi connectivity index (χ0) is 32.4. The predicted octanol–water partition coefficient (Wildman–Crippen LogP) is 4.04. The van der Waals surface area contributed by atoms with Gasteiger partial charge in [-0.1, -0.05) is 104 Å². The Bertz CT molecular complexity index is 843. The first-order valence-corrected chi connectivity index (χ1v) is 16.3. The van der Waals surface area contributed by atoms with Crippen molar-refractivity contribution in [2.45, 2.75) is 154 Å². The number of nitrogens with zero attached hydrogens (tertiary/aromatic N) is 1. The fraction of sp³-hybridized carbons (Fsp3) is 0.848. The van der Waals surface area contributed by atoms with Gasteiger partial charge < -0.3 is 35.0 Å². The van der Waals surface area contributed by atoms with Gasteiger partial charge in [-0.3, -0.25) is 14.4 Å². The SMILES string of the molecule is CCCCCCCCCCCCCC(=O)O[C@H]1CCC(NC(=O)[C@H](OC)[C@H](O)[C@@H](O)[C@H](O)/C=C/C(C)(C)C)C(=O)N(C)C1. The molecule has 43 heavy (non-hydrogen) atoms. The first kappa shape index (κ1) is 39.0. The molecule has 1 aliphatic rings. The fourth-order valence-electron chi connectivity index (χ4n) is 5.17. The number of rotatable bonds is 20. The van der Waals surface area contributed by atoms with Crippen LogP contribution in [0.1, 0.15) is 118 Å². The molecule has 0 spiro atoms. The van der Waals surface area contributed by atoms with Gasteiger partial charge in [0.1, 0.15) is 30.5 Å². The summed E-state index contributed by atoms with van der Waals surface area (Å²) in [6.07, 6.45) is 10.4. The summed E-state index contributed by atoms with van der Waals surface area (Å²) in [5.74, 6) is -1.42. The van der Waals surface area contributed by atoms with Crippen LogP contribution in [-0.2, 0) is 23.9 Å². The topological polar surface area (TPSA) is 146 Å². The highest BCUT2D eigenvalue weighted by atomic mass is 16.5. The van der Waals surface area contributed by atoms with Crippen LogP contribution >= 0.6 is 0 Å². The highest BCUT2D eigenvalue weighted by molar-refractivity contribution is 5.89. The number of likely N-dealkylation sites (N-methyl/N-ethyl adjacent to an activating group) is 1. The Morgan fingerprint density at radius 3 is 2.05 bits per heavy atom. The van der Waals surface area contributed by atoms with Crippen LogP contribution in [0.5, 0.6) is 0 Å². The minimum Gasteiger partial charge on any atom is -0.460 e. The number of aliphatic hydroxyl groups excluding tert-OH is 3. The predicted molar refractivity (Wildman–Crippen MR) is 167 cm³/mol. The van der Waals surface area contributed by atoms with E-state index in [1.807, 2.05) is 20.8 Å². The van der Waals surface area contributed by atoms with Gasteiger partial charge in [0.05, 0.1) is 6.54 Å². The third kappa shape index (κ3) is 16.0. The number of aliphatic hydroxyl groups is 3. The molecule has 0 aromatic rings. The van der Waals surface area contributed by atoms with Crippen molar-refractivity contribution < 1.29 is 39.2 Å². The molecule has 1 fully saturated rings. The smallest absolute Gasteiger partial charge is 0.306 e. The summed E-state index contributed by atoms with van der Waals surface area (Å²) >= 11 is 0. The van der Waals surface area contributed by atoms with Crippen molar-refractivity contribution in [2.24, 2.45) is 5.41 Å². The molecule has 1 unspecified atom stereocenters. The standard InChI is InChI=1S/C33H60N2O8/c1-7-8-9-10-11-12-13-14-15-16-17-18-27(37)43-24-19-20-25(32(41)35(5)23-24)34-31(40)30(42-6)29(39)28(38)26(36)21-22-33(2,3)4/h21-22,24-26,28-30,36,38-39H,7-20,23H2,1-6H3,(H,34,40)/b22-21+/t24-,25?,26+,28-,29+,30+/m0/s1. The van der Waals surface area contributed by atoms with E-state index in [4.69, 9.17) is 9.47 Å². The third-order valence-electron chi connectivity index (χ3n) is 7.84. The Labute approximate surface area is 259 Å². The molecule has 10 nitrogen and oxygen atoms in total. The van der Waals surface area contributed by atoms with Crippen molar-refractivity contribution in [1.29, 1.82) is 0 Å². The van der Waals surface area contributed by atoms with Crippen molar-refractivity contribution in [1.82, 2.24) is 10.2 Å². The zero-order valence-corrected chi connectivity index (χ0v) is 27.6. The lowest BCUT2D eigenvalue weighted by atomic mass is 9.94. The number of hydrogen-bond acceptors (Lipinski definition) is 8. The number of allylic oxidation sites excluding steroid dienone is 1. The molecule has 10 heteroatoms. The van der Waals surface area contributed by atoms with E-state index in [0.717, 1.165) is 19.3 Å². The maximum Gasteiger partial charge on any atom is 0.306 e. The monoisotopic (exact) mass is 612 g/mol. The largest absolute Gasteiger partial charge is 0.460 e. The van der Waals surface area contributed by atoms with Gasteiger partial charge in [-0.25, -0.2) is 0 Å². The highest BCUT2D eigenvalue weighted by Gasteiger charge is 2.38. The summed E-state index contributed by atoms with van der Waals surface area (Å²) < 4.78 is 10.8. The molecule has 250 valence electrons. The number of amides is 2. The van der Waals surface area contributed by atoms with Crippen LogP contribution in [0.2, 0.25) is 0 Å². The number of likely N-dealkylation sites (tertiary alicyclic amines) is 1. The second-order valence-corrected chi connectivity index (χ2v) is 13.1. The Hall–Kier alpha value is -2.01. The molecular formula is C33H60N2O8. The van der Waals surface area contributed by atoms with E-state index in [1.54, 1.807) is 13.1 Å². The summed E-state index contributed by atoms with van der Waals surface area (Å²) in [7, 11) is 2.78. The fourth-order valence-corrected chi connectivity index (χ4v) is 5.17. The number of methoxy groups -OCH3 is 1. The molecule has 1 heterocycles. The Morgan fingerprint density at radius 2 is 1.51 bits per heavy atom. The molecule has 1 rings (SSSR count). The molecule has 6 atom stereocenters. The van der Waals surface area contributed by atoms with Crippen molar-refractivity contribution in [2.75, 3.05) is 20.7 Å². The minimum absolute atomic E-state index is 0.219. The Balaban J connectivity index is 2.49.